The van der Waals surface area contributed by atoms with Crippen molar-refractivity contribution in [3.05, 3.63) is 89.0 Å². The zero-order chi connectivity index (χ0) is 25.1. The van der Waals surface area contributed by atoms with Crippen LogP contribution in [0.1, 0.15) is 17.3 Å². The smallest absolute Gasteiger partial charge is 0.282 e. The highest BCUT2D eigenvalue weighted by Gasteiger charge is 2.29. The lowest BCUT2D eigenvalue weighted by molar-refractivity contribution is -0.117. The molecule has 1 fully saturated rings. The van der Waals surface area contributed by atoms with Gasteiger partial charge >= 0.3 is 0 Å². The summed E-state index contributed by atoms with van der Waals surface area (Å²) in [6, 6.07) is 18.6. The van der Waals surface area contributed by atoms with E-state index < -0.39 is 0 Å². The molecule has 1 N–H and O–H groups in total. The van der Waals surface area contributed by atoms with E-state index in [1.165, 1.54) is 4.68 Å². The number of rotatable bonds is 6. The SMILES string of the molecule is CCn1cc(C(=O)N2CCN(CC(=O)Nc3ccccc3)CC2)c2nn(-c3ccccc3)c(=O)c-2c1. The Morgan fingerprint density at radius 3 is 2.25 bits per heavy atom. The van der Waals surface area contributed by atoms with Crippen LogP contribution in [0.2, 0.25) is 0 Å². The van der Waals surface area contributed by atoms with Crippen molar-refractivity contribution >= 4 is 17.5 Å². The maximum atomic E-state index is 13.6. The molecule has 0 aromatic heterocycles. The van der Waals surface area contributed by atoms with E-state index in [1.807, 2.05) is 77.1 Å². The van der Waals surface area contributed by atoms with Crippen molar-refractivity contribution < 1.29 is 9.59 Å². The second-order valence-electron chi connectivity index (χ2n) is 8.80. The van der Waals surface area contributed by atoms with Crippen LogP contribution in [-0.4, -0.2) is 68.7 Å². The minimum atomic E-state index is -0.248. The van der Waals surface area contributed by atoms with Gasteiger partial charge in [0.25, 0.3) is 11.5 Å². The molecule has 1 saturated heterocycles. The maximum absolute atomic E-state index is 13.6. The van der Waals surface area contributed by atoms with Gasteiger partial charge in [-0.1, -0.05) is 36.4 Å². The predicted octanol–water partition coefficient (Wildman–Crippen LogP) is 2.56. The Hall–Kier alpha value is -4.24. The first-order valence-corrected chi connectivity index (χ1v) is 12.1. The summed E-state index contributed by atoms with van der Waals surface area (Å²) in [7, 11) is 0. The van der Waals surface area contributed by atoms with E-state index in [0.29, 0.717) is 55.2 Å². The van der Waals surface area contributed by atoms with Crippen LogP contribution in [-0.2, 0) is 11.3 Å². The fourth-order valence-electron chi connectivity index (χ4n) is 4.45. The quantitative estimate of drug-likeness (QED) is 0.454. The van der Waals surface area contributed by atoms with Crippen molar-refractivity contribution in [3.63, 3.8) is 0 Å². The number of pyridine rings is 1. The summed E-state index contributed by atoms with van der Waals surface area (Å²) in [5, 5.41) is 7.45. The van der Waals surface area contributed by atoms with E-state index >= 15 is 0 Å². The third kappa shape index (κ3) is 4.78. The molecular weight excluding hydrogens is 456 g/mol. The van der Waals surface area contributed by atoms with E-state index in [0.717, 1.165) is 5.69 Å². The molecule has 2 aromatic carbocycles. The number of hydrogen-bond acceptors (Lipinski definition) is 5. The highest BCUT2D eigenvalue weighted by atomic mass is 16.2. The normalized spacial score (nSPS) is 14.2. The average Bonchev–Trinajstić information content (AvgIpc) is 3.25. The van der Waals surface area contributed by atoms with Crippen LogP contribution in [0, 0.1) is 0 Å². The van der Waals surface area contributed by atoms with E-state index in [2.05, 4.69) is 10.4 Å². The first-order valence-electron chi connectivity index (χ1n) is 12.1. The average molecular weight is 485 g/mol. The monoisotopic (exact) mass is 484 g/mol. The van der Waals surface area contributed by atoms with Crippen molar-refractivity contribution in [2.24, 2.45) is 0 Å². The predicted molar refractivity (Wildman–Crippen MR) is 138 cm³/mol. The van der Waals surface area contributed by atoms with Crippen molar-refractivity contribution in [1.82, 2.24) is 24.1 Å². The van der Waals surface area contributed by atoms with Crippen LogP contribution in [0.15, 0.2) is 77.9 Å². The summed E-state index contributed by atoms with van der Waals surface area (Å²) in [4.78, 5) is 42.9. The fourth-order valence-corrected chi connectivity index (χ4v) is 4.45. The van der Waals surface area contributed by atoms with Gasteiger partial charge in [0.2, 0.25) is 5.91 Å². The molecular formula is C27H28N6O3. The summed E-state index contributed by atoms with van der Waals surface area (Å²) in [6.07, 6.45) is 3.52. The number of carbonyl (C=O) groups is 2. The number of hydrogen-bond donors (Lipinski definition) is 1. The highest BCUT2D eigenvalue weighted by molar-refractivity contribution is 6.00. The van der Waals surface area contributed by atoms with Gasteiger partial charge in [-0.3, -0.25) is 19.3 Å². The number of carbonyl (C=O) groups excluding carboxylic acids is 2. The molecule has 3 aliphatic heterocycles. The van der Waals surface area contributed by atoms with E-state index in [1.54, 1.807) is 17.3 Å². The molecule has 0 unspecified atom stereocenters. The molecule has 36 heavy (non-hydrogen) atoms. The molecule has 3 heterocycles. The van der Waals surface area contributed by atoms with Crippen molar-refractivity contribution in [2.75, 3.05) is 38.0 Å². The van der Waals surface area contributed by atoms with Gasteiger partial charge in [-0.05, 0) is 31.2 Å². The van der Waals surface area contributed by atoms with E-state index in [-0.39, 0.29) is 23.9 Å². The molecule has 9 heteroatoms. The summed E-state index contributed by atoms with van der Waals surface area (Å²) < 4.78 is 3.20. The zero-order valence-corrected chi connectivity index (χ0v) is 20.1. The molecule has 0 atom stereocenters. The maximum Gasteiger partial charge on any atom is 0.282 e. The Morgan fingerprint density at radius 1 is 0.917 bits per heavy atom. The lowest BCUT2D eigenvalue weighted by Gasteiger charge is -2.34. The molecule has 0 spiro atoms. The second-order valence-corrected chi connectivity index (χ2v) is 8.80. The molecule has 2 aromatic rings. The Kier molecular flexibility index (Phi) is 6.64. The van der Waals surface area contributed by atoms with E-state index in [9.17, 15) is 14.4 Å². The van der Waals surface area contributed by atoms with Gasteiger partial charge in [0, 0.05) is 50.8 Å². The molecule has 0 bridgehead atoms. The third-order valence-electron chi connectivity index (χ3n) is 6.40. The van der Waals surface area contributed by atoms with Crippen LogP contribution in [0.5, 0.6) is 0 Å². The van der Waals surface area contributed by atoms with Gasteiger partial charge in [0.15, 0.2) is 0 Å². The van der Waals surface area contributed by atoms with Crippen LogP contribution in [0.25, 0.3) is 16.9 Å². The van der Waals surface area contributed by atoms with Gasteiger partial charge in [-0.15, -0.1) is 0 Å². The number of anilines is 1. The molecule has 5 rings (SSSR count). The molecule has 9 nitrogen and oxygen atoms in total. The largest absolute Gasteiger partial charge is 0.353 e. The van der Waals surface area contributed by atoms with Crippen molar-refractivity contribution in [3.8, 4) is 16.9 Å². The first-order chi connectivity index (χ1) is 17.5. The van der Waals surface area contributed by atoms with Gasteiger partial charge < -0.3 is 14.8 Å². The second kappa shape index (κ2) is 10.2. The van der Waals surface area contributed by atoms with Crippen molar-refractivity contribution in [2.45, 2.75) is 13.5 Å². The van der Waals surface area contributed by atoms with Crippen LogP contribution in [0.4, 0.5) is 5.69 Å². The minimum absolute atomic E-state index is 0.0795. The number of para-hydroxylation sites is 2. The summed E-state index contributed by atoms with van der Waals surface area (Å²) in [6.45, 7) is 5.00. The van der Waals surface area contributed by atoms with Gasteiger partial charge in [0.1, 0.15) is 5.69 Å². The van der Waals surface area contributed by atoms with E-state index in [4.69, 9.17) is 0 Å². The molecule has 184 valence electrons. The molecule has 2 amide bonds. The van der Waals surface area contributed by atoms with Crippen LogP contribution < -0.4 is 10.9 Å². The zero-order valence-electron chi connectivity index (χ0n) is 20.1. The summed E-state index contributed by atoms with van der Waals surface area (Å²) in [5.74, 6) is -0.238. The standard InChI is InChI=1S/C27H28N6O3/c1-2-30-17-22(25-23(18-30)27(36)33(29-25)21-11-7-4-8-12-21)26(35)32-15-13-31(14-16-32)19-24(34)28-20-9-5-3-6-10-20/h3-12,17-18H,2,13-16,19H2,1H3,(H,28,34). The number of aryl methyl sites for hydroxylation is 1. The number of piperazine rings is 1. The Labute approximate surface area is 208 Å². The van der Waals surface area contributed by atoms with Crippen LogP contribution in [0.3, 0.4) is 0 Å². The van der Waals surface area contributed by atoms with Crippen molar-refractivity contribution in [1.29, 1.82) is 0 Å². The number of amides is 2. The number of benzene rings is 2. The van der Waals surface area contributed by atoms with Gasteiger partial charge in [-0.25, -0.2) is 0 Å². The Balaban J connectivity index is 1.31. The lowest BCUT2D eigenvalue weighted by Crippen LogP contribution is -2.50. The van der Waals surface area contributed by atoms with Gasteiger partial charge in [-0.2, -0.15) is 9.78 Å². The topological polar surface area (TPSA) is 92.5 Å². The lowest BCUT2D eigenvalue weighted by atomic mass is 10.1. The number of aromatic nitrogens is 3. The Morgan fingerprint density at radius 2 is 1.58 bits per heavy atom. The summed E-state index contributed by atoms with van der Waals surface area (Å²) in [5.41, 5.74) is 2.41. The number of nitrogens with zero attached hydrogens (tertiary/aromatic N) is 5. The molecule has 3 aliphatic rings. The first kappa shape index (κ1) is 23.5. The highest BCUT2D eigenvalue weighted by Crippen LogP contribution is 2.24. The number of nitrogens with one attached hydrogen (secondary N) is 1. The van der Waals surface area contributed by atoms with Crippen LogP contribution >= 0.6 is 0 Å². The fraction of sp³-hybridized carbons (Fsp3) is 0.259. The molecule has 0 aliphatic carbocycles. The number of fused-ring (bicyclic) bond motifs is 1. The van der Waals surface area contributed by atoms with Gasteiger partial charge in [0.05, 0.1) is 23.4 Å². The molecule has 0 saturated carbocycles. The molecule has 0 radical (unpaired) electrons. The minimum Gasteiger partial charge on any atom is -0.353 e. The third-order valence-corrected chi connectivity index (χ3v) is 6.40. The summed E-state index contributed by atoms with van der Waals surface area (Å²) >= 11 is 0. The Bertz CT molecular complexity index is 1390.